The minimum absolute atomic E-state index is 0.0695. The standard InChI is InChI=1S/C24H25FN2O4/c1-2-7-16(24(31)26-19(12-13-28)22(29)15-25)14-23(30)27-20-10-5-3-8-17(20)18-9-4-6-11-21(18)27/h3-6,8-11,13,16,19H,2,7,12,14-15H2,1H3,(H,26,31)/t16-,19?/m1/s1. The molecule has 31 heavy (non-hydrogen) atoms. The summed E-state index contributed by atoms with van der Waals surface area (Å²) < 4.78 is 14.4. The Labute approximate surface area is 179 Å². The van der Waals surface area contributed by atoms with Gasteiger partial charge in [-0.25, -0.2) is 4.39 Å². The summed E-state index contributed by atoms with van der Waals surface area (Å²) in [7, 11) is 0. The predicted octanol–water partition coefficient (Wildman–Crippen LogP) is 3.85. The average Bonchev–Trinajstić information content (AvgIpc) is 3.12. The zero-order valence-corrected chi connectivity index (χ0v) is 17.3. The Morgan fingerprint density at radius 1 is 1.03 bits per heavy atom. The molecule has 1 N–H and O–H groups in total. The molecule has 1 unspecified atom stereocenters. The Kier molecular flexibility index (Phi) is 7.28. The number of nitrogens with zero attached hydrogens (tertiary/aromatic N) is 1. The second-order valence-corrected chi connectivity index (χ2v) is 7.52. The second-order valence-electron chi connectivity index (χ2n) is 7.52. The van der Waals surface area contributed by atoms with E-state index in [2.05, 4.69) is 5.32 Å². The number of amides is 1. The van der Waals surface area contributed by atoms with E-state index in [-0.39, 0.29) is 18.7 Å². The van der Waals surface area contributed by atoms with Gasteiger partial charge in [-0.2, -0.15) is 0 Å². The quantitative estimate of drug-likeness (QED) is 0.501. The van der Waals surface area contributed by atoms with Crippen LogP contribution in [-0.4, -0.2) is 41.2 Å². The molecule has 162 valence electrons. The van der Waals surface area contributed by atoms with Crippen molar-refractivity contribution in [3.8, 4) is 0 Å². The largest absolute Gasteiger partial charge is 0.345 e. The third kappa shape index (κ3) is 4.71. The topological polar surface area (TPSA) is 85.2 Å². The number of aldehydes is 1. The number of carbonyl (C=O) groups excluding carboxylic acids is 4. The maximum atomic E-state index is 13.3. The van der Waals surface area contributed by atoms with Crippen LogP contribution in [0.4, 0.5) is 4.39 Å². The summed E-state index contributed by atoms with van der Waals surface area (Å²) in [4.78, 5) is 48.6. The van der Waals surface area contributed by atoms with Gasteiger partial charge in [0.25, 0.3) is 0 Å². The van der Waals surface area contributed by atoms with E-state index in [4.69, 9.17) is 0 Å². The fourth-order valence-electron chi connectivity index (χ4n) is 3.92. The Balaban J connectivity index is 1.89. The van der Waals surface area contributed by atoms with Gasteiger partial charge in [0.05, 0.1) is 17.1 Å². The first kappa shape index (κ1) is 22.3. The number of aromatic nitrogens is 1. The Hall–Kier alpha value is -3.35. The number of alkyl halides is 1. The molecule has 0 fully saturated rings. The molecule has 6 nitrogen and oxygen atoms in total. The van der Waals surface area contributed by atoms with Crippen LogP contribution in [0.5, 0.6) is 0 Å². The minimum atomic E-state index is -1.27. The van der Waals surface area contributed by atoms with Crippen molar-refractivity contribution >= 4 is 45.7 Å². The van der Waals surface area contributed by atoms with Crippen LogP contribution < -0.4 is 5.32 Å². The summed E-state index contributed by atoms with van der Waals surface area (Å²) in [5.41, 5.74) is 1.52. The van der Waals surface area contributed by atoms with Gasteiger partial charge in [-0.05, 0) is 18.6 Å². The number of carbonyl (C=O) groups is 4. The minimum Gasteiger partial charge on any atom is -0.345 e. The molecule has 0 saturated heterocycles. The normalized spacial score (nSPS) is 13.1. The molecule has 0 aliphatic rings. The van der Waals surface area contributed by atoms with E-state index < -0.39 is 30.3 Å². The molecule has 2 atom stereocenters. The van der Waals surface area contributed by atoms with E-state index in [1.807, 2.05) is 55.5 Å². The summed E-state index contributed by atoms with van der Waals surface area (Å²) in [5, 5.41) is 4.35. The van der Waals surface area contributed by atoms with Crippen LogP contribution in [0.1, 0.15) is 37.4 Å². The number of hydrogen-bond acceptors (Lipinski definition) is 4. The van der Waals surface area contributed by atoms with Gasteiger partial charge in [0.2, 0.25) is 11.8 Å². The van der Waals surface area contributed by atoms with Gasteiger partial charge in [0.15, 0.2) is 5.78 Å². The second kappa shape index (κ2) is 10.1. The number of Topliss-reactive ketones (excluding diaryl/α,β-unsaturated/α-hetero) is 1. The lowest BCUT2D eigenvalue weighted by Crippen LogP contribution is -2.45. The number of ketones is 1. The molecule has 0 aliphatic heterocycles. The zero-order chi connectivity index (χ0) is 22.4. The number of fused-ring (bicyclic) bond motifs is 3. The van der Waals surface area contributed by atoms with Gasteiger partial charge >= 0.3 is 0 Å². The zero-order valence-electron chi connectivity index (χ0n) is 17.3. The molecule has 1 aromatic heterocycles. The Bertz CT molecular complexity index is 1070. The van der Waals surface area contributed by atoms with E-state index in [1.165, 1.54) is 0 Å². The lowest BCUT2D eigenvalue weighted by molar-refractivity contribution is -0.131. The van der Waals surface area contributed by atoms with Crippen molar-refractivity contribution in [2.75, 3.05) is 6.67 Å². The summed E-state index contributed by atoms with van der Waals surface area (Å²) in [6.45, 7) is 0.623. The Morgan fingerprint density at radius 2 is 1.61 bits per heavy atom. The molecule has 0 saturated carbocycles. The molecule has 0 spiro atoms. The van der Waals surface area contributed by atoms with Crippen molar-refractivity contribution < 1.29 is 23.6 Å². The molecular weight excluding hydrogens is 399 g/mol. The van der Waals surface area contributed by atoms with Crippen molar-refractivity contribution in [3.05, 3.63) is 48.5 Å². The SMILES string of the molecule is CCC[C@H](CC(=O)n1c2ccccc2c2ccccc21)C(=O)NC(CC=O)C(=O)CF. The van der Waals surface area contributed by atoms with Gasteiger partial charge in [-0.15, -0.1) is 0 Å². The lowest BCUT2D eigenvalue weighted by atomic mass is 9.97. The number of halogens is 1. The number of para-hydroxylation sites is 2. The van der Waals surface area contributed by atoms with Crippen LogP contribution in [0.25, 0.3) is 21.8 Å². The number of hydrogen-bond donors (Lipinski definition) is 1. The van der Waals surface area contributed by atoms with Gasteiger partial charge in [-0.1, -0.05) is 49.7 Å². The van der Waals surface area contributed by atoms with Crippen molar-refractivity contribution in [2.45, 2.75) is 38.6 Å². The Morgan fingerprint density at radius 3 is 2.13 bits per heavy atom. The van der Waals surface area contributed by atoms with Gasteiger partial charge < -0.3 is 10.1 Å². The highest BCUT2D eigenvalue weighted by atomic mass is 19.1. The highest BCUT2D eigenvalue weighted by Crippen LogP contribution is 2.29. The highest BCUT2D eigenvalue weighted by Gasteiger charge is 2.28. The van der Waals surface area contributed by atoms with E-state index in [1.54, 1.807) is 4.57 Å². The molecule has 0 aliphatic carbocycles. The van der Waals surface area contributed by atoms with E-state index in [9.17, 15) is 23.6 Å². The van der Waals surface area contributed by atoms with Gasteiger partial charge in [0, 0.05) is 29.5 Å². The molecule has 1 amide bonds. The van der Waals surface area contributed by atoms with Crippen LogP contribution in [0.3, 0.4) is 0 Å². The smallest absolute Gasteiger partial charge is 0.232 e. The van der Waals surface area contributed by atoms with Gasteiger partial charge in [0.1, 0.15) is 13.0 Å². The van der Waals surface area contributed by atoms with E-state index >= 15 is 0 Å². The molecule has 3 aromatic rings. The monoisotopic (exact) mass is 424 g/mol. The summed E-state index contributed by atoms with van der Waals surface area (Å²) in [6, 6.07) is 13.9. The highest BCUT2D eigenvalue weighted by molar-refractivity contribution is 6.13. The third-order valence-corrected chi connectivity index (χ3v) is 5.43. The fraction of sp³-hybridized carbons (Fsp3) is 0.333. The van der Waals surface area contributed by atoms with Crippen molar-refractivity contribution in [1.29, 1.82) is 0 Å². The first-order valence-corrected chi connectivity index (χ1v) is 10.4. The first-order chi connectivity index (χ1) is 15.0. The lowest BCUT2D eigenvalue weighted by Gasteiger charge is -2.20. The predicted molar refractivity (Wildman–Crippen MR) is 117 cm³/mol. The van der Waals surface area contributed by atoms with Crippen molar-refractivity contribution in [1.82, 2.24) is 9.88 Å². The third-order valence-electron chi connectivity index (χ3n) is 5.43. The summed E-state index contributed by atoms with van der Waals surface area (Å²) in [6.07, 6.45) is 1.17. The van der Waals surface area contributed by atoms with Crippen LogP contribution in [0.2, 0.25) is 0 Å². The molecule has 2 aromatic carbocycles. The number of nitrogens with one attached hydrogen (secondary N) is 1. The van der Waals surface area contributed by atoms with Crippen molar-refractivity contribution in [2.24, 2.45) is 5.92 Å². The molecular formula is C24H25FN2O4. The number of benzene rings is 2. The van der Waals surface area contributed by atoms with Crippen LogP contribution >= 0.6 is 0 Å². The van der Waals surface area contributed by atoms with Gasteiger partial charge in [-0.3, -0.25) is 19.0 Å². The maximum absolute atomic E-state index is 13.3. The van der Waals surface area contributed by atoms with E-state index in [0.717, 1.165) is 21.8 Å². The van der Waals surface area contributed by atoms with E-state index in [0.29, 0.717) is 19.1 Å². The van der Waals surface area contributed by atoms with Crippen LogP contribution in [-0.2, 0) is 14.4 Å². The van der Waals surface area contributed by atoms with Crippen LogP contribution in [0.15, 0.2) is 48.5 Å². The molecule has 7 heteroatoms. The summed E-state index contributed by atoms with van der Waals surface area (Å²) in [5.74, 6) is -2.32. The molecule has 0 bridgehead atoms. The molecule has 3 rings (SSSR count). The first-order valence-electron chi connectivity index (χ1n) is 10.4. The molecule has 1 heterocycles. The van der Waals surface area contributed by atoms with Crippen molar-refractivity contribution in [3.63, 3.8) is 0 Å². The maximum Gasteiger partial charge on any atom is 0.232 e. The van der Waals surface area contributed by atoms with Crippen LogP contribution in [0, 0.1) is 5.92 Å². The number of rotatable bonds is 10. The summed E-state index contributed by atoms with van der Waals surface area (Å²) >= 11 is 0. The molecule has 0 radical (unpaired) electrons. The average molecular weight is 424 g/mol. The fourth-order valence-corrected chi connectivity index (χ4v) is 3.92.